The highest BCUT2D eigenvalue weighted by Crippen LogP contribution is 2.55. The van der Waals surface area contributed by atoms with E-state index in [1.807, 2.05) is 29.7 Å². The molecule has 7 rings (SSSR count). The highest BCUT2D eigenvalue weighted by Gasteiger charge is 2.49. The Morgan fingerprint density at radius 1 is 1.12 bits per heavy atom. The topological polar surface area (TPSA) is 81.6 Å². The van der Waals surface area contributed by atoms with Crippen LogP contribution in [0.4, 0.5) is 10.3 Å². The summed E-state index contributed by atoms with van der Waals surface area (Å²) in [6, 6.07) is 7.25. The van der Waals surface area contributed by atoms with Gasteiger partial charge in [-0.15, -0.1) is 10.2 Å². The number of hydrogen-bond donors (Lipinski definition) is 1. The Morgan fingerprint density at radius 3 is 3.00 bits per heavy atom. The molecule has 1 fully saturated rings. The molecule has 1 N–H and O–H groups in total. The minimum atomic E-state index is -0.231. The predicted molar refractivity (Wildman–Crippen MR) is 115 cm³/mol. The summed E-state index contributed by atoms with van der Waals surface area (Å²) in [6.07, 6.45) is 8.25. The lowest BCUT2D eigenvalue weighted by Crippen LogP contribution is -2.10. The summed E-state index contributed by atoms with van der Waals surface area (Å²) >= 11 is 0. The van der Waals surface area contributed by atoms with Gasteiger partial charge in [-0.05, 0) is 37.6 Å². The Balaban J connectivity index is 1.28. The quantitative estimate of drug-likeness (QED) is 0.471. The van der Waals surface area contributed by atoms with E-state index in [2.05, 4.69) is 25.5 Å². The van der Waals surface area contributed by atoms with Crippen molar-refractivity contribution in [3.8, 4) is 16.9 Å². The van der Waals surface area contributed by atoms with Crippen LogP contribution in [-0.2, 0) is 6.54 Å². The number of aryl methyl sites for hydroxylation is 1. The standard InChI is InChI=1S/C23H18FN7O/c1-12-2-3-13(21-25-6-7-30(12)21)15-9-26-23(31-11-28-29-22(15)31)27-10-16-17(24)4-5-18-20(16)14-8-19(14)32-18/h2-7,9,11,14,19H,8,10H2,1H3,(H,26,27)/t14-,19+/m0/s1. The van der Waals surface area contributed by atoms with E-state index in [9.17, 15) is 4.39 Å². The molecular weight excluding hydrogens is 409 g/mol. The van der Waals surface area contributed by atoms with Gasteiger partial charge in [0.05, 0.1) is 0 Å². The third-order valence-corrected chi connectivity index (χ3v) is 6.44. The van der Waals surface area contributed by atoms with E-state index in [0.717, 1.165) is 40.2 Å². The van der Waals surface area contributed by atoms with Crippen LogP contribution in [0.3, 0.4) is 0 Å². The SMILES string of the molecule is Cc1ccc(-c2cnc(NCc3c(F)ccc4c3[C@H]3C[C@H]3O4)n3cnnc23)c2nccn12. The second-order valence-electron chi connectivity index (χ2n) is 8.32. The molecule has 8 nitrogen and oxygen atoms in total. The molecule has 1 aromatic carbocycles. The van der Waals surface area contributed by atoms with Crippen molar-refractivity contribution in [1.82, 2.24) is 29.0 Å². The largest absolute Gasteiger partial charge is 0.489 e. The second-order valence-corrected chi connectivity index (χ2v) is 8.32. The lowest BCUT2D eigenvalue weighted by molar-refractivity contribution is 0.318. The first-order valence-corrected chi connectivity index (χ1v) is 10.5. The van der Waals surface area contributed by atoms with Gasteiger partial charge in [-0.1, -0.05) is 0 Å². The van der Waals surface area contributed by atoms with Gasteiger partial charge in [-0.2, -0.15) is 0 Å². The number of nitrogens with zero attached hydrogens (tertiary/aromatic N) is 6. The first-order valence-electron chi connectivity index (χ1n) is 10.5. The fraction of sp³-hybridized carbons (Fsp3) is 0.217. The summed E-state index contributed by atoms with van der Waals surface area (Å²) in [5.41, 5.74) is 5.94. The van der Waals surface area contributed by atoms with Crippen molar-refractivity contribution >= 4 is 17.2 Å². The fourth-order valence-corrected chi connectivity index (χ4v) is 4.74. The molecule has 158 valence electrons. The number of benzene rings is 1. The van der Waals surface area contributed by atoms with E-state index in [4.69, 9.17) is 4.74 Å². The monoisotopic (exact) mass is 427 g/mol. The summed E-state index contributed by atoms with van der Waals surface area (Å²) in [5.74, 6) is 1.42. The van der Waals surface area contributed by atoms with Crippen molar-refractivity contribution in [3.05, 3.63) is 71.8 Å². The molecule has 4 aromatic heterocycles. The van der Waals surface area contributed by atoms with Crippen molar-refractivity contribution in [3.63, 3.8) is 0 Å². The normalized spacial score (nSPS) is 18.6. The van der Waals surface area contributed by atoms with Gasteiger partial charge in [0.2, 0.25) is 5.95 Å². The van der Waals surface area contributed by atoms with Crippen molar-refractivity contribution in [2.45, 2.75) is 31.9 Å². The highest BCUT2D eigenvalue weighted by molar-refractivity contribution is 5.86. The van der Waals surface area contributed by atoms with E-state index in [1.54, 1.807) is 29.2 Å². The maximum atomic E-state index is 14.7. The van der Waals surface area contributed by atoms with Crippen LogP contribution in [0.2, 0.25) is 0 Å². The first-order chi connectivity index (χ1) is 15.7. The van der Waals surface area contributed by atoms with Crippen LogP contribution in [0.5, 0.6) is 5.75 Å². The Hall–Kier alpha value is -4.01. The van der Waals surface area contributed by atoms with Crippen molar-refractivity contribution in [2.24, 2.45) is 0 Å². The third kappa shape index (κ3) is 2.41. The zero-order chi connectivity index (χ0) is 21.4. The number of fused-ring (bicyclic) bond motifs is 5. The third-order valence-electron chi connectivity index (χ3n) is 6.44. The minimum absolute atomic E-state index is 0.210. The summed E-state index contributed by atoms with van der Waals surface area (Å²) in [4.78, 5) is 9.13. The maximum Gasteiger partial charge on any atom is 0.210 e. The molecular formula is C23H18FN7O. The van der Waals surface area contributed by atoms with E-state index in [1.165, 1.54) is 6.07 Å². The molecule has 1 aliphatic heterocycles. The predicted octanol–water partition coefficient (Wildman–Crippen LogP) is 3.75. The van der Waals surface area contributed by atoms with E-state index in [0.29, 0.717) is 29.6 Å². The summed E-state index contributed by atoms with van der Waals surface area (Å²) in [7, 11) is 0. The Labute approximate surface area is 181 Å². The first kappa shape index (κ1) is 17.6. The number of halogens is 1. The van der Waals surface area contributed by atoms with Gasteiger partial charge in [-0.25, -0.2) is 14.4 Å². The zero-order valence-corrected chi connectivity index (χ0v) is 17.2. The highest BCUT2D eigenvalue weighted by atomic mass is 19.1. The van der Waals surface area contributed by atoms with Crippen LogP contribution >= 0.6 is 0 Å². The van der Waals surface area contributed by atoms with Gasteiger partial charge in [0.25, 0.3) is 0 Å². The van der Waals surface area contributed by atoms with Crippen molar-refractivity contribution in [1.29, 1.82) is 0 Å². The number of nitrogens with one attached hydrogen (secondary N) is 1. The van der Waals surface area contributed by atoms with Gasteiger partial charge < -0.3 is 14.5 Å². The van der Waals surface area contributed by atoms with Crippen LogP contribution in [-0.4, -0.2) is 35.1 Å². The van der Waals surface area contributed by atoms with Crippen LogP contribution in [0.25, 0.3) is 22.4 Å². The average molecular weight is 427 g/mol. The number of aromatic nitrogens is 6. The molecule has 1 aliphatic carbocycles. The van der Waals surface area contributed by atoms with E-state index >= 15 is 0 Å². The van der Waals surface area contributed by atoms with Gasteiger partial charge in [0.1, 0.15) is 29.6 Å². The zero-order valence-electron chi connectivity index (χ0n) is 17.2. The van der Waals surface area contributed by atoms with Crippen molar-refractivity contribution in [2.75, 3.05) is 5.32 Å². The molecule has 32 heavy (non-hydrogen) atoms. The number of imidazole rings is 1. The average Bonchev–Trinajstić information content (AvgIpc) is 3.21. The number of anilines is 1. The Kier molecular flexibility index (Phi) is 3.45. The molecule has 0 amide bonds. The molecule has 1 saturated carbocycles. The second kappa shape index (κ2) is 6.25. The van der Waals surface area contributed by atoms with Gasteiger partial charge >= 0.3 is 0 Å². The molecule has 2 aliphatic rings. The van der Waals surface area contributed by atoms with E-state index < -0.39 is 0 Å². The lowest BCUT2D eigenvalue weighted by Gasteiger charge is -2.14. The van der Waals surface area contributed by atoms with E-state index in [-0.39, 0.29) is 11.9 Å². The smallest absolute Gasteiger partial charge is 0.210 e. The number of pyridine rings is 1. The minimum Gasteiger partial charge on any atom is -0.489 e. The van der Waals surface area contributed by atoms with Gasteiger partial charge in [0.15, 0.2) is 5.65 Å². The number of rotatable bonds is 4. The molecule has 5 heterocycles. The number of ether oxygens (including phenoxy) is 1. The summed E-state index contributed by atoms with van der Waals surface area (Å²) in [5, 5.41) is 11.7. The lowest BCUT2D eigenvalue weighted by atomic mass is 10.0. The maximum absolute atomic E-state index is 14.7. The molecule has 0 saturated heterocycles. The van der Waals surface area contributed by atoms with Crippen LogP contribution in [0, 0.1) is 12.7 Å². The Bertz CT molecular complexity index is 1540. The van der Waals surface area contributed by atoms with Crippen LogP contribution < -0.4 is 10.1 Å². The molecule has 9 heteroatoms. The summed E-state index contributed by atoms with van der Waals surface area (Å²) < 4.78 is 24.3. The Morgan fingerprint density at radius 2 is 2.06 bits per heavy atom. The molecule has 5 aromatic rings. The molecule has 2 atom stereocenters. The molecule has 0 unspecified atom stereocenters. The molecule has 0 bridgehead atoms. The summed E-state index contributed by atoms with van der Waals surface area (Å²) in [6.45, 7) is 2.33. The molecule has 0 radical (unpaired) electrons. The van der Waals surface area contributed by atoms with Crippen molar-refractivity contribution < 1.29 is 9.13 Å². The van der Waals surface area contributed by atoms with Gasteiger partial charge in [0, 0.05) is 59.0 Å². The van der Waals surface area contributed by atoms with Crippen LogP contribution in [0.1, 0.15) is 29.2 Å². The molecule has 0 spiro atoms. The number of hydrogen-bond acceptors (Lipinski definition) is 6. The van der Waals surface area contributed by atoms with Gasteiger partial charge in [-0.3, -0.25) is 4.40 Å². The fourth-order valence-electron chi connectivity index (χ4n) is 4.74. The van der Waals surface area contributed by atoms with Crippen LogP contribution in [0.15, 0.2) is 49.2 Å².